The van der Waals surface area contributed by atoms with Crippen LogP contribution in [0, 0.1) is 5.92 Å². The second-order valence-corrected chi connectivity index (χ2v) is 3.98. The molecule has 0 aromatic carbocycles. The molecule has 0 saturated carbocycles. The zero-order valence-corrected chi connectivity index (χ0v) is 10.1. The smallest absolute Gasteiger partial charge is 0.310 e. The summed E-state index contributed by atoms with van der Waals surface area (Å²) in [6, 6.07) is 0. The third kappa shape index (κ3) is 3.34. The van der Waals surface area contributed by atoms with Crippen molar-refractivity contribution < 1.29 is 9.53 Å². The van der Waals surface area contributed by atoms with Gasteiger partial charge in [0.05, 0.1) is 12.5 Å². The zero-order valence-electron chi connectivity index (χ0n) is 9.28. The van der Waals surface area contributed by atoms with Crippen LogP contribution < -0.4 is 5.32 Å². The molecule has 0 spiro atoms. The predicted molar refractivity (Wildman–Crippen MR) is 62.6 cm³/mol. The average Bonchev–Trinajstić information content (AvgIpc) is 2.28. The van der Waals surface area contributed by atoms with Crippen LogP contribution in [0.4, 0.5) is 0 Å². The largest absolute Gasteiger partial charge is 0.466 e. The Balaban J connectivity index is 2.48. The van der Waals surface area contributed by atoms with Crippen molar-refractivity contribution in [3.05, 3.63) is 0 Å². The first kappa shape index (κ1) is 12.2. The fraction of sp³-hybridized carbons (Fsp3) is 0.800. The van der Waals surface area contributed by atoms with Crippen LogP contribution in [0.5, 0.6) is 0 Å². The van der Waals surface area contributed by atoms with Crippen LogP contribution in [0.2, 0.25) is 0 Å². The van der Waals surface area contributed by atoms with Crippen molar-refractivity contribution in [3.63, 3.8) is 0 Å². The van der Waals surface area contributed by atoms with Gasteiger partial charge in [0.2, 0.25) is 0 Å². The Kier molecular flexibility index (Phi) is 4.81. The number of hydrogen-bond acceptors (Lipinski definition) is 3. The fourth-order valence-electron chi connectivity index (χ4n) is 1.77. The third-order valence-corrected chi connectivity index (χ3v) is 3.00. The number of esters is 1. The molecule has 15 heavy (non-hydrogen) atoms. The van der Waals surface area contributed by atoms with Gasteiger partial charge in [-0.25, -0.2) is 0 Å². The molecule has 1 unspecified atom stereocenters. The van der Waals surface area contributed by atoms with Crippen molar-refractivity contribution in [3.8, 4) is 0 Å². The van der Waals surface area contributed by atoms with E-state index in [-0.39, 0.29) is 11.9 Å². The molecule has 1 aliphatic heterocycles. The minimum atomic E-state index is -0.0962. The lowest BCUT2D eigenvalue weighted by atomic mass is 9.98. The quantitative estimate of drug-likeness (QED) is 0.560. The van der Waals surface area contributed by atoms with Crippen molar-refractivity contribution in [2.24, 2.45) is 5.92 Å². The summed E-state index contributed by atoms with van der Waals surface area (Å²) < 4.78 is 5.01. The van der Waals surface area contributed by atoms with Crippen molar-refractivity contribution in [2.45, 2.75) is 19.8 Å². The number of piperidine rings is 1. The Morgan fingerprint density at radius 3 is 3.00 bits per heavy atom. The molecule has 86 valence electrons. The lowest BCUT2D eigenvalue weighted by Crippen LogP contribution is -2.46. The molecule has 1 rings (SSSR count). The van der Waals surface area contributed by atoms with E-state index in [9.17, 15) is 4.79 Å². The molecule has 0 aromatic rings. The summed E-state index contributed by atoms with van der Waals surface area (Å²) in [7, 11) is 1.80. The number of ether oxygens (including phenoxy) is 1. The van der Waals surface area contributed by atoms with Crippen molar-refractivity contribution in [1.82, 2.24) is 10.2 Å². The molecule has 1 atom stereocenters. The van der Waals surface area contributed by atoms with Gasteiger partial charge in [0.25, 0.3) is 0 Å². The summed E-state index contributed by atoms with van der Waals surface area (Å²) in [5, 5.41) is 3.64. The van der Waals surface area contributed by atoms with E-state index in [4.69, 9.17) is 17.0 Å². The van der Waals surface area contributed by atoms with Crippen LogP contribution in [0.3, 0.4) is 0 Å². The Bertz CT molecular complexity index is 246. The maximum Gasteiger partial charge on any atom is 0.310 e. The Labute approximate surface area is 96.0 Å². The highest BCUT2D eigenvalue weighted by Gasteiger charge is 2.27. The average molecular weight is 230 g/mol. The summed E-state index contributed by atoms with van der Waals surface area (Å²) in [5.74, 6) is -0.119. The number of carbonyl (C=O) groups is 1. The lowest BCUT2D eigenvalue weighted by molar-refractivity contribution is -0.149. The zero-order chi connectivity index (χ0) is 11.3. The van der Waals surface area contributed by atoms with E-state index in [0.717, 1.165) is 19.4 Å². The van der Waals surface area contributed by atoms with Crippen molar-refractivity contribution in [2.75, 3.05) is 26.7 Å². The molecule has 4 nitrogen and oxygen atoms in total. The Morgan fingerprint density at radius 2 is 2.40 bits per heavy atom. The van der Waals surface area contributed by atoms with E-state index < -0.39 is 0 Å². The van der Waals surface area contributed by atoms with Gasteiger partial charge >= 0.3 is 5.97 Å². The maximum atomic E-state index is 11.5. The number of thiocarbonyl (C=S) groups is 1. The first-order valence-electron chi connectivity index (χ1n) is 5.32. The number of carbonyl (C=O) groups excluding carboxylic acids is 1. The van der Waals surface area contributed by atoms with Crippen LogP contribution >= 0.6 is 12.2 Å². The standard InChI is InChI=1S/C10H18N2O2S/c1-3-14-9(13)8-5-4-6-12(7-8)10(15)11-2/h8H,3-7H2,1-2H3,(H,11,15). The maximum absolute atomic E-state index is 11.5. The molecule has 1 saturated heterocycles. The highest BCUT2D eigenvalue weighted by Crippen LogP contribution is 2.17. The van der Waals surface area contributed by atoms with Gasteiger partial charge in [0.15, 0.2) is 5.11 Å². The molecule has 0 bridgehead atoms. The van der Waals surface area contributed by atoms with Gasteiger partial charge in [-0.1, -0.05) is 0 Å². The van der Waals surface area contributed by atoms with Crippen LogP contribution in [-0.2, 0) is 9.53 Å². The molecule has 1 fully saturated rings. The topological polar surface area (TPSA) is 41.6 Å². The molecule has 5 heteroatoms. The normalized spacial score (nSPS) is 20.9. The molecule has 0 amide bonds. The summed E-state index contributed by atoms with van der Waals surface area (Å²) in [6.07, 6.45) is 1.90. The summed E-state index contributed by atoms with van der Waals surface area (Å²) in [6.45, 7) is 3.89. The first-order chi connectivity index (χ1) is 7.19. The van der Waals surface area contributed by atoms with Crippen molar-refractivity contribution >= 4 is 23.3 Å². The van der Waals surface area contributed by atoms with Gasteiger partial charge in [-0.15, -0.1) is 0 Å². The molecule has 1 heterocycles. The van der Waals surface area contributed by atoms with Crippen LogP contribution in [0.15, 0.2) is 0 Å². The summed E-state index contributed by atoms with van der Waals surface area (Å²) in [5.41, 5.74) is 0. The van der Waals surface area contributed by atoms with Gasteiger partial charge in [-0.05, 0) is 32.0 Å². The first-order valence-corrected chi connectivity index (χ1v) is 5.73. The Hall–Kier alpha value is -0.840. The lowest BCUT2D eigenvalue weighted by Gasteiger charge is -2.32. The van der Waals surface area contributed by atoms with E-state index in [0.29, 0.717) is 18.3 Å². The molecule has 0 aromatic heterocycles. The minimum absolute atomic E-state index is 0.0231. The Morgan fingerprint density at radius 1 is 1.67 bits per heavy atom. The number of rotatable bonds is 2. The van der Waals surface area contributed by atoms with E-state index >= 15 is 0 Å². The van der Waals surface area contributed by atoms with E-state index in [2.05, 4.69) is 5.32 Å². The highest BCUT2D eigenvalue weighted by molar-refractivity contribution is 7.80. The number of nitrogens with zero attached hydrogens (tertiary/aromatic N) is 1. The van der Waals surface area contributed by atoms with Gasteiger partial charge in [-0.2, -0.15) is 0 Å². The predicted octanol–water partition coefficient (Wildman–Crippen LogP) is 0.766. The molecule has 0 radical (unpaired) electrons. The van der Waals surface area contributed by atoms with E-state index in [1.807, 2.05) is 11.8 Å². The minimum Gasteiger partial charge on any atom is -0.466 e. The molecular formula is C10H18N2O2S. The van der Waals surface area contributed by atoms with Crippen molar-refractivity contribution in [1.29, 1.82) is 0 Å². The van der Waals surface area contributed by atoms with Crippen LogP contribution in [0.25, 0.3) is 0 Å². The van der Waals surface area contributed by atoms with Gasteiger partial charge in [-0.3, -0.25) is 4.79 Å². The summed E-state index contributed by atoms with van der Waals surface area (Å²) in [4.78, 5) is 13.6. The molecule has 1 N–H and O–H groups in total. The SMILES string of the molecule is CCOC(=O)C1CCCN(C(=S)NC)C1. The number of likely N-dealkylation sites (tertiary alicyclic amines) is 1. The van der Waals surface area contributed by atoms with Crippen LogP contribution in [0.1, 0.15) is 19.8 Å². The van der Waals surface area contributed by atoms with Gasteiger partial charge < -0.3 is 15.0 Å². The summed E-state index contributed by atoms with van der Waals surface area (Å²) >= 11 is 5.14. The van der Waals surface area contributed by atoms with Gasteiger partial charge in [0, 0.05) is 20.1 Å². The second-order valence-electron chi connectivity index (χ2n) is 3.59. The van der Waals surface area contributed by atoms with E-state index in [1.165, 1.54) is 0 Å². The third-order valence-electron chi connectivity index (χ3n) is 2.54. The molecule has 0 aliphatic carbocycles. The van der Waals surface area contributed by atoms with Crippen LogP contribution in [-0.4, -0.2) is 42.7 Å². The monoisotopic (exact) mass is 230 g/mol. The number of hydrogen-bond donors (Lipinski definition) is 1. The highest BCUT2D eigenvalue weighted by atomic mass is 32.1. The molecule has 1 aliphatic rings. The number of nitrogens with one attached hydrogen (secondary N) is 1. The molecular weight excluding hydrogens is 212 g/mol. The van der Waals surface area contributed by atoms with Gasteiger partial charge in [0.1, 0.15) is 0 Å². The van der Waals surface area contributed by atoms with E-state index in [1.54, 1.807) is 7.05 Å². The second kappa shape index (κ2) is 5.90. The fourth-order valence-corrected chi connectivity index (χ4v) is 1.94.